The third-order valence-electron chi connectivity index (χ3n) is 3.70. The first-order valence-electron chi connectivity index (χ1n) is 6.33. The summed E-state index contributed by atoms with van der Waals surface area (Å²) < 4.78 is 0. The van der Waals surface area contributed by atoms with Gasteiger partial charge in [-0.25, -0.2) is 0 Å². The minimum atomic E-state index is -0.448. The zero-order valence-electron chi connectivity index (χ0n) is 10.2. The van der Waals surface area contributed by atoms with Gasteiger partial charge in [-0.15, -0.1) is 0 Å². The fourth-order valence-electron chi connectivity index (χ4n) is 2.56. The van der Waals surface area contributed by atoms with E-state index in [1.165, 1.54) is 19.3 Å². The van der Waals surface area contributed by atoms with Gasteiger partial charge in [0.1, 0.15) is 0 Å². The van der Waals surface area contributed by atoms with Gasteiger partial charge < -0.3 is 5.11 Å². The summed E-state index contributed by atoms with van der Waals surface area (Å²) in [6.45, 7) is 0. The van der Waals surface area contributed by atoms with Gasteiger partial charge in [0, 0.05) is 0 Å². The first-order chi connectivity index (χ1) is 7.75. The minimum Gasteiger partial charge on any atom is -0.391 e. The van der Waals surface area contributed by atoms with Gasteiger partial charge in [0.15, 0.2) is 0 Å². The molecule has 0 radical (unpaired) electrons. The molecule has 0 aliphatic heterocycles. The van der Waals surface area contributed by atoms with Crippen LogP contribution in [0.1, 0.15) is 51.4 Å². The molecule has 1 unspecified atom stereocenters. The first kappa shape index (κ1) is 13.9. The molecule has 0 bridgehead atoms. The van der Waals surface area contributed by atoms with Crippen molar-refractivity contribution >= 4 is 11.8 Å². The van der Waals surface area contributed by atoms with Crippen LogP contribution in [0.25, 0.3) is 0 Å². The van der Waals surface area contributed by atoms with Gasteiger partial charge in [0.05, 0.1) is 17.6 Å². The van der Waals surface area contributed by atoms with Gasteiger partial charge in [0.25, 0.3) is 0 Å². The monoisotopic (exact) mass is 241 g/mol. The molecule has 92 valence electrons. The van der Waals surface area contributed by atoms with E-state index in [0.29, 0.717) is 0 Å². The first-order valence-corrected chi connectivity index (χ1v) is 7.73. The fraction of sp³-hybridized carbons (Fsp3) is 0.923. The summed E-state index contributed by atoms with van der Waals surface area (Å²) in [6.07, 6.45) is 10.1. The number of aliphatic hydroxyl groups is 1. The van der Waals surface area contributed by atoms with Gasteiger partial charge in [-0.3, -0.25) is 0 Å². The maximum Gasteiger partial charge on any atom is 0.0832 e. The maximum atomic E-state index is 10.2. The Morgan fingerprint density at radius 1 is 1.25 bits per heavy atom. The van der Waals surface area contributed by atoms with Crippen LogP contribution < -0.4 is 0 Å². The van der Waals surface area contributed by atoms with E-state index in [1.54, 1.807) is 11.8 Å². The molecule has 0 aromatic carbocycles. The summed E-state index contributed by atoms with van der Waals surface area (Å²) in [5.41, 5.74) is -0.448. The van der Waals surface area contributed by atoms with E-state index in [1.807, 2.05) is 6.26 Å². The highest BCUT2D eigenvalue weighted by atomic mass is 32.2. The van der Waals surface area contributed by atoms with Crippen LogP contribution in [0.5, 0.6) is 0 Å². The molecule has 0 heterocycles. The summed E-state index contributed by atoms with van der Waals surface area (Å²) in [6, 6.07) is 2.43. The number of aliphatic hydroxyl groups excluding tert-OH is 1. The molecule has 2 nitrogen and oxygen atoms in total. The van der Waals surface area contributed by atoms with Gasteiger partial charge >= 0.3 is 0 Å². The molecule has 1 N–H and O–H groups in total. The minimum absolute atomic E-state index is 0.428. The molecule has 1 atom stereocenters. The molecule has 3 heteroatoms. The van der Waals surface area contributed by atoms with Crippen LogP contribution in [0.3, 0.4) is 0 Å². The Kier molecular flexibility index (Phi) is 6.23. The number of hydrogen-bond donors (Lipinski definition) is 1. The zero-order chi connectivity index (χ0) is 11.9. The van der Waals surface area contributed by atoms with Crippen LogP contribution in [0.2, 0.25) is 0 Å². The number of nitriles is 1. The van der Waals surface area contributed by atoms with Gasteiger partial charge in [-0.2, -0.15) is 17.0 Å². The lowest BCUT2D eigenvalue weighted by atomic mass is 9.72. The average Bonchev–Trinajstić information content (AvgIpc) is 2.26. The molecular formula is C13H23NOS. The molecule has 0 amide bonds. The standard InChI is InChI=1S/C13H23NOS/c1-16-10-7-12(15)13(11-14)8-5-3-2-4-6-9-13/h12,15H,2-10H2,1H3. The number of thioether (sulfide) groups is 1. The van der Waals surface area contributed by atoms with E-state index >= 15 is 0 Å². The Morgan fingerprint density at radius 2 is 1.81 bits per heavy atom. The third kappa shape index (κ3) is 3.68. The smallest absolute Gasteiger partial charge is 0.0832 e. The second kappa shape index (κ2) is 7.19. The molecule has 0 spiro atoms. The van der Waals surface area contributed by atoms with Crippen molar-refractivity contribution in [3.8, 4) is 6.07 Å². The topological polar surface area (TPSA) is 44.0 Å². The van der Waals surface area contributed by atoms with Crippen LogP contribution in [-0.4, -0.2) is 23.2 Å². The normalized spacial score (nSPS) is 22.8. The summed E-state index contributed by atoms with van der Waals surface area (Å²) in [7, 11) is 0. The van der Waals surface area contributed by atoms with Crippen LogP contribution in [0.15, 0.2) is 0 Å². The van der Waals surface area contributed by atoms with Crippen molar-refractivity contribution in [2.75, 3.05) is 12.0 Å². The fourth-order valence-corrected chi connectivity index (χ4v) is 3.02. The molecule has 1 saturated carbocycles. The maximum absolute atomic E-state index is 10.2. The van der Waals surface area contributed by atoms with Crippen molar-refractivity contribution in [3.05, 3.63) is 0 Å². The largest absolute Gasteiger partial charge is 0.391 e. The van der Waals surface area contributed by atoms with E-state index in [-0.39, 0.29) is 0 Å². The van der Waals surface area contributed by atoms with E-state index < -0.39 is 11.5 Å². The van der Waals surface area contributed by atoms with Gasteiger partial charge in [-0.05, 0) is 31.3 Å². The highest BCUT2D eigenvalue weighted by molar-refractivity contribution is 7.98. The van der Waals surface area contributed by atoms with E-state index in [0.717, 1.165) is 37.9 Å². The molecule has 1 rings (SSSR count). The second-order valence-electron chi connectivity index (χ2n) is 4.83. The molecular weight excluding hydrogens is 218 g/mol. The van der Waals surface area contributed by atoms with Crippen LogP contribution in [0.4, 0.5) is 0 Å². The number of rotatable bonds is 4. The van der Waals surface area contributed by atoms with E-state index in [9.17, 15) is 10.4 Å². The molecule has 1 aliphatic rings. The Balaban J connectivity index is 2.61. The summed E-state index contributed by atoms with van der Waals surface area (Å²) >= 11 is 1.74. The third-order valence-corrected chi connectivity index (χ3v) is 4.35. The van der Waals surface area contributed by atoms with Crippen molar-refractivity contribution in [3.63, 3.8) is 0 Å². The Labute approximate surface area is 103 Å². The lowest BCUT2D eigenvalue weighted by Crippen LogP contribution is -2.35. The lowest BCUT2D eigenvalue weighted by molar-refractivity contribution is 0.0426. The molecule has 0 saturated heterocycles. The molecule has 16 heavy (non-hydrogen) atoms. The lowest BCUT2D eigenvalue weighted by Gasteiger charge is -2.33. The molecule has 1 fully saturated rings. The van der Waals surface area contributed by atoms with E-state index in [2.05, 4.69) is 6.07 Å². The highest BCUT2D eigenvalue weighted by Crippen LogP contribution is 2.38. The van der Waals surface area contributed by atoms with Crippen molar-refractivity contribution in [1.29, 1.82) is 5.26 Å². The average molecular weight is 241 g/mol. The summed E-state index contributed by atoms with van der Waals surface area (Å²) in [5.74, 6) is 0.949. The quantitative estimate of drug-likeness (QED) is 0.821. The van der Waals surface area contributed by atoms with Crippen molar-refractivity contribution in [2.24, 2.45) is 5.41 Å². The summed E-state index contributed by atoms with van der Waals surface area (Å²) in [4.78, 5) is 0. The van der Waals surface area contributed by atoms with Crippen molar-refractivity contribution < 1.29 is 5.11 Å². The predicted molar refractivity (Wildman–Crippen MR) is 69.4 cm³/mol. The zero-order valence-corrected chi connectivity index (χ0v) is 11.1. The number of nitrogens with zero attached hydrogens (tertiary/aromatic N) is 1. The SMILES string of the molecule is CSCCC(O)C1(C#N)CCCCCCC1. The Hall–Kier alpha value is -0.200. The Bertz CT molecular complexity index is 229. The van der Waals surface area contributed by atoms with Crippen molar-refractivity contribution in [1.82, 2.24) is 0 Å². The van der Waals surface area contributed by atoms with Gasteiger partial charge in [0.2, 0.25) is 0 Å². The van der Waals surface area contributed by atoms with Gasteiger partial charge in [-0.1, -0.05) is 32.1 Å². The predicted octanol–water partition coefficient (Wildman–Crippen LogP) is 3.35. The number of hydrogen-bond acceptors (Lipinski definition) is 3. The summed E-state index contributed by atoms with van der Waals surface area (Å²) in [5, 5.41) is 19.6. The van der Waals surface area contributed by atoms with Crippen LogP contribution >= 0.6 is 11.8 Å². The van der Waals surface area contributed by atoms with Crippen molar-refractivity contribution in [2.45, 2.75) is 57.5 Å². The molecule has 0 aromatic heterocycles. The highest BCUT2D eigenvalue weighted by Gasteiger charge is 2.37. The van der Waals surface area contributed by atoms with Crippen LogP contribution in [0, 0.1) is 16.7 Å². The molecule has 1 aliphatic carbocycles. The van der Waals surface area contributed by atoms with E-state index in [4.69, 9.17) is 0 Å². The van der Waals surface area contributed by atoms with Crippen LogP contribution in [-0.2, 0) is 0 Å². The molecule has 0 aromatic rings. The second-order valence-corrected chi connectivity index (χ2v) is 5.82. The Morgan fingerprint density at radius 3 is 2.31 bits per heavy atom.